The van der Waals surface area contributed by atoms with Crippen LogP contribution < -0.4 is 0 Å². The van der Waals surface area contributed by atoms with Crippen molar-refractivity contribution >= 4 is 0 Å². The predicted molar refractivity (Wildman–Crippen MR) is 57.1 cm³/mol. The molecule has 0 saturated heterocycles. The van der Waals surface area contributed by atoms with Gasteiger partial charge in [0.15, 0.2) is 0 Å². The molecule has 0 spiro atoms. The van der Waals surface area contributed by atoms with E-state index in [9.17, 15) is 0 Å². The Kier molecular flexibility index (Phi) is 6.51. The quantitative estimate of drug-likeness (QED) is 0.489. The van der Waals surface area contributed by atoms with Gasteiger partial charge in [-0.25, -0.2) is 0 Å². The summed E-state index contributed by atoms with van der Waals surface area (Å²) in [4.78, 5) is 0. The van der Waals surface area contributed by atoms with Gasteiger partial charge in [-0.1, -0.05) is 53.4 Å². The predicted octanol–water partition coefficient (Wildman–Crippen LogP) is 4.60. The standard InChI is InChI=1S/C12H25/c1-5-7-9-11-12(3,4)10-8-6-2/h8H,5-7,9-11H2,1-4H3. The van der Waals surface area contributed by atoms with E-state index >= 15 is 0 Å². The van der Waals surface area contributed by atoms with E-state index in [4.69, 9.17) is 0 Å². The fourth-order valence-electron chi connectivity index (χ4n) is 1.49. The van der Waals surface area contributed by atoms with Crippen molar-refractivity contribution in [3.63, 3.8) is 0 Å². The molecule has 1 radical (unpaired) electrons. The zero-order valence-electron chi connectivity index (χ0n) is 9.32. The average molecular weight is 169 g/mol. The van der Waals surface area contributed by atoms with Crippen molar-refractivity contribution in [1.82, 2.24) is 0 Å². The van der Waals surface area contributed by atoms with Gasteiger partial charge in [-0.15, -0.1) is 0 Å². The molecule has 0 bridgehead atoms. The minimum atomic E-state index is 0.547. The van der Waals surface area contributed by atoms with Gasteiger partial charge in [-0.2, -0.15) is 0 Å². The summed E-state index contributed by atoms with van der Waals surface area (Å²) in [6.45, 7) is 9.26. The lowest BCUT2D eigenvalue weighted by Crippen LogP contribution is -2.10. The summed E-state index contributed by atoms with van der Waals surface area (Å²) in [7, 11) is 0. The van der Waals surface area contributed by atoms with Gasteiger partial charge in [0.05, 0.1) is 0 Å². The summed E-state index contributed by atoms with van der Waals surface area (Å²) in [5.74, 6) is 0. The first kappa shape index (κ1) is 12.0. The van der Waals surface area contributed by atoms with Gasteiger partial charge in [-0.05, 0) is 24.7 Å². The molecule has 0 amide bonds. The maximum absolute atomic E-state index is 2.41. The first-order chi connectivity index (χ1) is 5.62. The maximum Gasteiger partial charge on any atom is -0.0351 e. The Morgan fingerprint density at radius 3 is 2.25 bits per heavy atom. The summed E-state index contributed by atoms with van der Waals surface area (Å²) in [6, 6.07) is 0. The van der Waals surface area contributed by atoms with E-state index in [2.05, 4.69) is 34.1 Å². The van der Waals surface area contributed by atoms with E-state index in [0.29, 0.717) is 5.41 Å². The van der Waals surface area contributed by atoms with Crippen LogP contribution in [0.25, 0.3) is 0 Å². The third-order valence-corrected chi connectivity index (χ3v) is 2.44. The number of hydrogen-bond donors (Lipinski definition) is 0. The summed E-state index contributed by atoms with van der Waals surface area (Å²) in [5, 5.41) is 0. The van der Waals surface area contributed by atoms with Crippen LogP contribution in [0.15, 0.2) is 0 Å². The van der Waals surface area contributed by atoms with Crippen LogP contribution in [0.1, 0.15) is 66.2 Å². The molecule has 0 saturated carbocycles. The van der Waals surface area contributed by atoms with E-state index < -0.39 is 0 Å². The highest BCUT2D eigenvalue weighted by atomic mass is 14.2. The summed E-state index contributed by atoms with van der Waals surface area (Å²) >= 11 is 0. The van der Waals surface area contributed by atoms with E-state index in [1.54, 1.807) is 0 Å². The van der Waals surface area contributed by atoms with Crippen LogP contribution >= 0.6 is 0 Å². The van der Waals surface area contributed by atoms with Crippen molar-refractivity contribution < 1.29 is 0 Å². The molecular formula is C12H25. The number of unbranched alkanes of at least 4 members (excludes halogenated alkanes) is 3. The Labute approximate surface area is 78.8 Å². The highest BCUT2D eigenvalue weighted by molar-refractivity contribution is 4.76. The van der Waals surface area contributed by atoms with Gasteiger partial charge in [0.25, 0.3) is 0 Å². The van der Waals surface area contributed by atoms with E-state index in [1.807, 2.05) is 0 Å². The number of hydrogen-bond acceptors (Lipinski definition) is 0. The summed E-state index contributed by atoms with van der Waals surface area (Å²) < 4.78 is 0. The zero-order valence-corrected chi connectivity index (χ0v) is 9.32. The first-order valence-electron chi connectivity index (χ1n) is 5.44. The van der Waals surface area contributed by atoms with Crippen molar-refractivity contribution in [3.05, 3.63) is 6.42 Å². The third-order valence-electron chi connectivity index (χ3n) is 2.44. The highest BCUT2D eigenvalue weighted by Crippen LogP contribution is 2.29. The summed E-state index contributed by atoms with van der Waals surface area (Å²) in [5.41, 5.74) is 0.547. The first-order valence-corrected chi connectivity index (χ1v) is 5.44. The molecule has 0 fully saturated rings. The molecule has 0 heterocycles. The van der Waals surface area contributed by atoms with Crippen LogP contribution in [0.3, 0.4) is 0 Å². The Morgan fingerprint density at radius 1 is 1.08 bits per heavy atom. The minimum Gasteiger partial charge on any atom is -0.0654 e. The molecular weight excluding hydrogens is 144 g/mol. The lowest BCUT2D eigenvalue weighted by molar-refractivity contribution is 0.313. The van der Waals surface area contributed by atoms with Crippen LogP contribution in [-0.4, -0.2) is 0 Å². The highest BCUT2D eigenvalue weighted by Gasteiger charge is 2.15. The lowest BCUT2D eigenvalue weighted by atomic mass is 9.82. The van der Waals surface area contributed by atoms with Crippen molar-refractivity contribution in [2.45, 2.75) is 66.2 Å². The monoisotopic (exact) mass is 169 g/mol. The van der Waals surface area contributed by atoms with E-state index in [1.165, 1.54) is 38.5 Å². The maximum atomic E-state index is 2.41. The van der Waals surface area contributed by atoms with Crippen molar-refractivity contribution in [3.8, 4) is 0 Å². The Bertz CT molecular complexity index is 92.2. The van der Waals surface area contributed by atoms with Crippen LogP contribution in [-0.2, 0) is 0 Å². The van der Waals surface area contributed by atoms with Gasteiger partial charge in [0.2, 0.25) is 0 Å². The average Bonchev–Trinajstić information content (AvgIpc) is 2.01. The van der Waals surface area contributed by atoms with Crippen LogP contribution in [0, 0.1) is 11.8 Å². The van der Waals surface area contributed by atoms with Crippen molar-refractivity contribution in [1.29, 1.82) is 0 Å². The van der Waals surface area contributed by atoms with Crippen molar-refractivity contribution in [2.75, 3.05) is 0 Å². The topological polar surface area (TPSA) is 0 Å². The van der Waals surface area contributed by atoms with Gasteiger partial charge < -0.3 is 0 Å². The molecule has 0 heteroatoms. The van der Waals surface area contributed by atoms with Crippen LogP contribution in [0.2, 0.25) is 0 Å². The molecule has 0 unspecified atom stereocenters. The molecule has 0 aliphatic rings. The van der Waals surface area contributed by atoms with Gasteiger partial charge >= 0.3 is 0 Å². The van der Waals surface area contributed by atoms with Gasteiger partial charge in [0.1, 0.15) is 0 Å². The lowest BCUT2D eigenvalue weighted by Gasteiger charge is -2.23. The minimum absolute atomic E-state index is 0.547. The van der Waals surface area contributed by atoms with E-state index in [0.717, 1.165) is 0 Å². The van der Waals surface area contributed by atoms with Crippen LogP contribution in [0.4, 0.5) is 0 Å². The Hall–Kier alpha value is 0. The van der Waals surface area contributed by atoms with Gasteiger partial charge in [-0.3, -0.25) is 0 Å². The second-order valence-electron chi connectivity index (χ2n) is 4.52. The van der Waals surface area contributed by atoms with Gasteiger partial charge in [0, 0.05) is 0 Å². The molecule has 0 aliphatic carbocycles. The van der Waals surface area contributed by atoms with Crippen molar-refractivity contribution in [2.24, 2.45) is 5.41 Å². The second-order valence-corrected chi connectivity index (χ2v) is 4.52. The fourth-order valence-corrected chi connectivity index (χ4v) is 1.49. The fraction of sp³-hybridized carbons (Fsp3) is 0.917. The molecule has 0 nitrogen and oxygen atoms in total. The summed E-state index contributed by atoms with van der Waals surface area (Å²) in [6.07, 6.45) is 10.4. The largest absolute Gasteiger partial charge is 0.0654 e. The molecule has 0 rings (SSSR count). The third kappa shape index (κ3) is 6.69. The molecule has 0 atom stereocenters. The molecule has 0 N–H and O–H groups in total. The zero-order chi connectivity index (χ0) is 9.45. The molecule has 12 heavy (non-hydrogen) atoms. The molecule has 0 aromatic rings. The molecule has 0 aromatic heterocycles. The normalized spacial score (nSPS) is 12.0. The Morgan fingerprint density at radius 2 is 1.75 bits per heavy atom. The smallest absolute Gasteiger partial charge is 0.0351 e. The van der Waals surface area contributed by atoms with E-state index in [-0.39, 0.29) is 0 Å². The molecule has 73 valence electrons. The molecule has 0 aromatic carbocycles. The number of rotatable bonds is 7. The SMILES string of the molecule is CC[CH]CC(C)(C)CCCCC. The Balaban J connectivity index is 3.42. The molecule has 0 aliphatic heterocycles. The van der Waals surface area contributed by atoms with Crippen LogP contribution in [0.5, 0.6) is 0 Å². The second kappa shape index (κ2) is 6.51.